The normalized spacial score (nSPS) is 10.7. The van der Waals surface area contributed by atoms with Gasteiger partial charge in [-0.2, -0.15) is 5.10 Å². The molecular formula is C14H12N4O2. The molecule has 2 aromatic heterocycles. The highest BCUT2D eigenvalue weighted by atomic mass is 16.4. The summed E-state index contributed by atoms with van der Waals surface area (Å²) in [6.07, 6.45) is 1.62. The predicted octanol–water partition coefficient (Wildman–Crippen LogP) is 1.65. The van der Waals surface area contributed by atoms with Crippen molar-refractivity contribution < 1.29 is 4.42 Å². The molecule has 0 N–H and O–H groups in total. The van der Waals surface area contributed by atoms with Gasteiger partial charge < -0.3 is 4.42 Å². The Hall–Kier alpha value is -2.76. The van der Waals surface area contributed by atoms with Crippen molar-refractivity contribution in [3.63, 3.8) is 0 Å². The molecule has 2 heterocycles. The van der Waals surface area contributed by atoms with Gasteiger partial charge in [0.2, 0.25) is 11.8 Å². The molecule has 0 unspecified atom stereocenters. The van der Waals surface area contributed by atoms with Crippen molar-refractivity contribution in [2.24, 2.45) is 0 Å². The molecule has 0 amide bonds. The lowest BCUT2D eigenvalue weighted by atomic mass is 10.2. The Bertz CT molecular complexity index is 777. The first-order chi connectivity index (χ1) is 9.72. The van der Waals surface area contributed by atoms with Gasteiger partial charge in [-0.15, -0.1) is 10.2 Å². The maximum Gasteiger partial charge on any atom is 0.267 e. The van der Waals surface area contributed by atoms with Crippen LogP contribution in [0.15, 0.2) is 51.8 Å². The molecular weight excluding hydrogens is 256 g/mol. The highest BCUT2D eigenvalue weighted by molar-refractivity contribution is 5.51. The average Bonchev–Trinajstić information content (AvgIpc) is 2.92. The van der Waals surface area contributed by atoms with E-state index in [-0.39, 0.29) is 12.1 Å². The summed E-state index contributed by atoms with van der Waals surface area (Å²) in [5.74, 6) is 0.781. The van der Waals surface area contributed by atoms with Crippen molar-refractivity contribution in [1.29, 1.82) is 0 Å². The van der Waals surface area contributed by atoms with Gasteiger partial charge in [0.05, 0.1) is 6.20 Å². The first-order valence-corrected chi connectivity index (χ1v) is 6.14. The number of rotatable bonds is 3. The summed E-state index contributed by atoms with van der Waals surface area (Å²) >= 11 is 0. The standard InChI is InChI=1S/C14H12N4O2/c1-10-7-13(19)18(15-8-10)9-12-16-17-14(20-12)11-5-3-2-4-6-11/h2-8H,9H2,1H3. The van der Waals surface area contributed by atoms with Gasteiger partial charge >= 0.3 is 0 Å². The molecule has 0 saturated carbocycles. The van der Waals surface area contributed by atoms with Crippen molar-refractivity contribution in [3.8, 4) is 11.5 Å². The van der Waals surface area contributed by atoms with Crippen LogP contribution in [0.3, 0.4) is 0 Å². The number of hydrogen-bond donors (Lipinski definition) is 0. The van der Waals surface area contributed by atoms with Crippen LogP contribution in [0.2, 0.25) is 0 Å². The second kappa shape index (κ2) is 5.08. The van der Waals surface area contributed by atoms with Crippen LogP contribution < -0.4 is 5.56 Å². The van der Waals surface area contributed by atoms with E-state index >= 15 is 0 Å². The predicted molar refractivity (Wildman–Crippen MR) is 72.1 cm³/mol. The summed E-state index contributed by atoms with van der Waals surface area (Å²) in [5, 5.41) is 11.9. The Morgan fingerprint density at radius 2 is 2.00 bits per heavy atom. The van der Waals surface area contributed by atoms with Gasteiger partial charge in [-0.25, -0.2) is 4.68 Å². The molecule has 0 bridgehead atoms. The van der Waals surface area contributed by atoms with E-state index in [1.54, 1.807) is 6.20 Å². The lowest BCUT2D eigenvalue weighted by Gasteiger charge is -2.00. The van der Waals surface area contributed by atoms with E-state index < -0.39 is 0 Å². The van der Waals surface area contributed by atoms with Crippen molar-refractivity contribution in [2.75, 3.05) is 0 Å². The van der Waals surface area contributed by atoms with Crippen LogP contribution >= 0.6 is 0 Å². The van der Waals surface area contributed by atoms with Gasteiger partial charge in [0.15, 0.2) is 0 Å². The first kappa shape index (κ1) is 12.3. The molecule has 20 heavy (non-hydrogen) atoms. The van der Waals surface area contributed by atoms with Crippen LogP contribution in [-0.2, 0) is 6.54 Å². The summed E-state index contributed by atoms with van der Waals surface area (Å²) in [4.78, 5) is 11.7. The molecule has 6 heteroatoms. The highest BCUT2D eigenvalue weighted by Gasteiger charge is 2.09. The van der Waals surface area contributed by atoms with E-state index in [9.17, 15) is 4.79 Å². The van der Waals surface area contributed by atoms with E-state index in [0.29, 0.717) is 11.8 Å². The topological polar surface area (TPSA) is 73.8 Å². The van der Waals surface area contributed by atoms with Crippen molar-refractivity contribution >= 4 is 0 Å². The number of aryl methyl sites for hydroxylation is 1. The van der Waals surface area contributed by atoms with E-state index in [0.717, 1.165) is 11.1 Å². The third kappa shape index (κ3) is 2.49. The maximum atomic E-state index is 11.7. The largest absolute Gasteiger partial charge is 0.419 e. The molecule has 0 atom stereocenters. The van der Waals surface area contributed by atoms with Gasteiger partial charge in [0.1, 0.15) is 6.54 Å². The minimum Gasteiger partial charge on any atom is -0.419 e. The molecule has 0 saturated heterocycles. The molecule has 3 rings (SSSR count). The smallest absolute Gasteiger partial charge is 0.267 e. The van der Waals surface area contributed by atoms with Gasteiger partial charge in [0.25, 0.3) is 5.56 Å². The van der Waals surface area contributed by atoms with Crippen LogP contribution in [0.1, 0.15) is 11.5 Å². The van der Waals surface area contributed by atoms with E-state index in [1.807, 2.05) is 37.3 Å². The van der Waals surface area contributed by atoms with Crippen molar-refractivity contribution in [1.82, 2.24) is 20.0 Å². The second-order valence-corrected chi connectivity index (χ2v) is 4.40. The molecule has 0 aliphatic heterocycles. The summed E-state index contributed by atoms with van der Waals surface area (Å²) in [6, 6.07) is 11.0. The lowest BCUT2D eigenvalue weighted by Crippen LogP contribution is -2.22. The van der Waals surface area contributed by atoms with Crippen LogP contribution in [0.25, 0.3) is 11.5 Å². The van der Waals surface area contributed by atoms with Gasteiger partial charge in [-0.05, 0) is 24.6 Å². The highest BCUT2D eigenvalue weighted by Crippen LogP contribution is 2.16. The molecule has 1 aromatic carbocycles. The fraction of sp³-hybridized carbons (Fsp3) is 0.143. The minimum absolute atomic E-state index is 0.166. The van der Waals surface area contributed by atoms with Crippen molar-refractivity contribution in [3.05, 3.63) is 64.4 Å². The number of aromatic nitrogens is 4. The fourth-order valence-electron chi connectivity index (χ4n) is 1.79. The average molecular weight is 268 g/mol. The lowest BCUT2D eigenvalue weighted by molar-refractivity contribution is 0.465. The zero-order chi connectivity index (χ0) is 13.9. The van der Waals surface area contributed by atoms with Crippen LogP contribution in [0, 0.1) is 6.92 Å². The van der Waals surface area contributed by atoms with Gasteiger partial charge in [-0.1, -0.05) is 18.2 Å². The number of nitrogens with zero attached hydrogens (tertiary/aromatic N) is 4. The first-order valence-electron chi connectivity index (χ1n) is 6.14. The van der Waals surface area contributed by atoms with E-state index in [4.69, 9.17) is 4.42 Å². The van der Waals surface area contributed by atoms with E-state index in [2.05, 4.69) is 15.3 Å². The molecule has 0 spiro atoms. The molecule has 0 aliphatic carbocycles. The monoisotopic (exact) mass is 268 g/mol. The SMILES string of the molecule is Cc1cnn(Cc2nnc(-c3ccccc3)o2)c(=O)c1. The number of hydrogen-bond acceptors (Lipinski definition) is 5. The van der Waals surface area contributed by atoms with E-state index in [1.165, 1.54) is 10.7 Å². The second-order valence-electron chi connectivity index (χ2n) is 4.40. The molecule has 100 valence electrons. The minimum atomic E-state index is -0.190. The van der Waals surface area contributed by atoms with Crippen LogP contribution in [-0.4, -0.2) is 20.0 Å². The summed E-state index contributed by atoms with van der Waals surface area (Å²) < 4.78 is 6.82. The van der Waals surface area contributed by atoms with Gasteiger partial charge in [0, 0.05) is 11.6 Å². The Balaban J connectivity index is 1.86. The Kier molecular flexibility index (Phi) is 3.12. The van der Waals surface area contributed by atoms with Crippen LogP contribution in [0.5, 0.6) is 0 Å². The molecule has 3 aromatic rings. The number of benzene rings is 1. The van der Waals surface area contributed by atoms with Crippen LogP contribution in [0.4, 0.5) is 0 Å². The Morgan fingerprint density at radius 1 is 1.20 bits per heavy atom. The van der Waals surface area contributed by atoms with Gasteiger partial charge in [-0.3, -0.25) is 4.79 Å². The molecule has 0 radical (unpaired) electrons. The van der Waals surface area contributed by atoms with Crippen molar-refractivity contribution in [2.45, 2.75) is 13.5 Å². The zero-order valence-electron chi connectivity index (χ0n) is 10.9. The third-order valence-corrected chi connectivity index (χ3v) is 2.78. The molecule has 0 fully saturated rings. The Labute approximate surface area is 114 Å². The Morgan fingerprint density at radius 3 is 2.75 bits per heavy atom. The maximum absolute atomic E-state index is 11.7. The summed E-state index contributed by atoms with van der Waals surface area (Å²) in [7, 11) is 0. The third-order valence-electron chi connectivity index (χ3n) is 2.78. The zero-order valence-corrected chi connectivity index (χ0v) is 10.9. The quantitative estimate of drug-likeness (QED) is 0.722. The summed E-state index contributed by atoms with van der Waals surface area (Å²) in [6.45, 7) is 1.98. The summed E-state index contributed by atoms with van der Waals surface area (Å²) in [5.41, 5.74) is 1.47. The molecule has 6 nitrogen and oxygen atoms in total. The molecule has 0 aliphatic rings. The fourth-order valence-corrected chi connectivity index (χ4v) is 1.79.